The number of carbonyl (C=O) groups is 3. The first-order chi connectivity index (χ1) is 17.4. The highest BCUT2D eigenvalue weighted by Crippen LogP contribution is 2.39. The number of ether oxygens (including phenoxy) is 3. The highest BCUT2D eigenvalue weighted by atomic mass is 32.2. The molecule has 3 amide bonds. The Morgan fingerprint density at radius 1 is 1.17 bits per heavy atom. The maximum absolute atomic E-state index is 12.9. The van der Waals surface area contributed by atoms with E-state index in [0.29, 0.717) is 38.1 Å². The van der Waals surface area contributed by atoms with E-state index in [4.69, 9.17) is 14.2 Å². The van der Waals surface area contributed by atoms with Crippen molar-refractivity contribution in [2.75, 3.05) is 40.0 Å². The van der Waals surface area contributed by atoms with E-state index in [1.165, 1.54) is 30.2 Å². The van der Waals surface area contributed by atoms with Crippen LogP contribution in [0.1, 0.15) is 11.1 Å². The normalized spacial score (nSPS) is 17.0. The van der Waals surface area contributed by atoms with Crippen molar-refractivity contribution in [1.29, 1.82) is 0 Å². The van der Waals surface area contributed by atoms with Crippen LogP contribution in [0.3, 0.4) is 0 Å². The van der Waals surface area contributed by atoms with Gasteiger partial charge in [0.05, 0.1) is 41.8 Å². The molecule has 0 unspecified atom stereocenters. The molecule has 12 heteroatoms. The van der Waals surface area contributed by atoms with Gasteiger partial charge in [0.2, 0.25) is 5.91 Å². The zero-order valence-electron chi connectivity index (χ0n) is 19.4. The van der Waals surface area contributed by atoms with E-state index >= 15 is 0 Å². The monoisotopic (exact) mass is 513 g/mol. The van der Waals surface area contributed by atoms with Gasteiger partial charge in [-0.3, -0.25) is 29.4 Å². The lowest BCUT2D eigenvalue weighted by Crippen LogP contribution is -2.46. The number of carbonyl (C=O) groups excluding carboxylic acids is 3. The lowest BCUT2D eigenvalue weighted by atomic mass is 10.1. The number of hydrogen-bond acceptors (Lipinski definition) is 9. The van der Waals surface area contributed by atoms with Gasteiger partial charge in [0.25, 0.3) is 16.8 Å². The van der Waals surface area contributed by atoms with Crippen LogP contribution in [-0.2, 0) is 20.9 Å². The summed E-state index contributed by atoms with van der Waals surface area (Å²) >= 11 is 0.619. The molecule has 0 N–H and O–H groups in total. The number of nitro benzene ring substituents is 1. The third-order valence-electron chi connectivity index (χ3n) is 5.56. The molecule has 2 heterocycles. The Labute approximate surface area is 210 Å². The van der Waals surface area contributed by atoms with Gasteiger partial charge in [-0.1, -0.05) is 30.3 Å². The Bertz CT molecular complexity index is 1210. The van der Waals surface area contributed by atoms with Crippen molar-refractivity contribution in [1.82, 2.24) is 9.80 Å². The van der Waals surface area contributed by atoms with E-state index in [1.807, 2.05) is 30.3 Å². The zero-order valence-corrected chi connectivity index (χ0v) is 20.2. The van der Waals surface area contributed by atoms with Crippen LogP contribution in [0.15, 0.2) is 47.4 Å². The average molecular weight is 514 g/mol. The van der Waals surface area contributed by atoms with Crippen LogP contribution in [0.4, 0.5) is 10.5 Å². The van der Waals surface area contributed by atoms with E-state index in [0.717, 1.165) is 10.5 Å². The van der Waals surface area contributed by atoms with Gasteiger partial charge in [-0.25, -0.2) is 0 Å². The van der Waals surface area contributed by atoms with Crippen LogP contribution in [0, 0.1) is 10.1 Å². The molecule has 0 spiro atoms. The topological polar surface area (TPSA) is 129 Å². The molecule has 0 saturated carbocycles. The van der Waals surface area contributed by atoms with Crippen LogP contribution >= 0.6 is 11.8 Å². The Kier molecular flexibility index (Phi) is 7.86. The number of methoxy groups -OCH3 is 1. The van der Waals surface area contributed by atoms with Gasteiger partial charge in [0.15, 0.2) is 11.5 Å². The molecule has 2 aromatic carbocycles. The number of imide groups is 1. The second-order valence-corrected chi connectivity index (χ2v) is 8.85. The first kappa shape index (κ1) is 25.2. The van der Waals surface area contributed by atoms with Gasteiger partial charge >= 0.3 is 0 Å². The lowest BCUT2D eigenvalue weighted by molar-refractivity contribution is -0.385. The summed E-state index contributed by atoms with van der Waals surface area (Å²) in [5.41, 5.74) is 0.607. The fraction of sp³-hybridized carbons (Fsp3) is 0.292. The standard InChI is InChI=1S/C24H23N3O8S/c1-33-19-11-17(18(27(31)32)13-20(19)35-15-16-5-3-2-4-6-16)12-21-23(29)26(24(30)36-21)14-22(28)25-7-9-34-10-8-25/h2-6,11-13H,7-10,14-15H2,1H3/b21-12+. The van der Waals surface area contributed by atoms with Crippen molar-refractivity contribution in [3.8, 4) is 11.5 Å². The Hall–Kier alpha value is -3.90. The van der Waals surface area contributed by atoms with Crippen molar-refractivity contribution in [3.63, 3.8) is 0 Å². The van der Waals surface area contributed by atoms with Gasteiger partial charge in [-0.2, -0.15) is 0 Å². The van der Waals surface area contributed by atoms with E-state index in [-0.39, 0.29) is 40.2 Å². The highest BCUT2D eigenvalue weighted by Gasteiger charge is 2.38. The molecule has 11 nitrogen and oxygen atoms in total. The lowest BCUT2D eigenvalue weighted by Gasteiger charge is -2.28. The van der Waals surface area contributed by atoms with Gasteiger partial charge in [0.1, 0.15) is 13.2 Å². The maximum Gasteiger partial charge on any atom is 0.294 e. The molecule has 0 atom stereocenters. The minimum atomic E-state index is -0.690. The molecule has 2 aromatic rings. The number of thioether (sulfide) groups is 1. The molecule has 0 aromatic heterocycles. The number of hydrogen-bond donors (Lipinski definition) is 0. The second-order valence-electron chi connectivity index (χ2n) is 7.85. The van der Waals surface area contributed by atoms with E-state index in [2.05, 4.69) is 0 Å². The van der Waals surface area contributed by atoms with Crippen LogP contribution in [0.25, 0.3) is 6.08 Å². The van der Waals surface area contributed by atoms with Crippen molar-refractivity contribution in [3.05, 3.63) is 68.6 Å². The van der Waals surface area contributed by atoms with Crippen molar-refractivity contribution in [2.24, 2.45) is 0 Å². The van der Waals surface area contributed by atoms with Crippen molar-refractivity contribution in [2.45, 2.75) is 6.61 Å². The summed E-state index contributed by atoms with van der Waals surface area (Å²) in [6.45, 7) is 1.32. The Balaban J connectivity index is 1.56. The Morgan fingerprint density at radius 2 is 1.89 bits per heavy atom. The summed E-state index contributed by atoms with van der Waals surface area (Å²) < 4.78 is 16.3. The molecule has 2 aliphatic heterocycles. The van der Waals surface area contributed by atoms with E-state index in [1.54, 1.807) is 0 Å². The third kappa shape index (κ3) is 5.66. The summed E-state index contributed by atoms with van der Waals surface area (Å²) in [7, 11) is 1.39. The third-order valence-corrected chi connectivity index (χ3v) is 6.47. The molecule has 0 radical (unpaired) electrons. The molecule has 0 bridgehead atoms. The minimum absolute atomic E-state index is 0.0297. The molecule has 188 valence electrons. The second kappa shape index (κ2) is 11.2. The molecule has 2 aliphatic rings. The van der Waals surface area contributed by atoms with Gasteiger partial charge in [-0.05, 0) is 29.5 Å². The maximum atomic E-state index is 12.9. The summed E-state index contributed by atoms with van der Waals surface area (Å²) in [5, 5.41) is 11.2. The SMILES string of the molecule is COc1cc(/C=C2/SC(=O)N(CC(=O)N3CCOCC3)C2=O)c([N+](=O)[O-])cc1OCc1ccccc1. The smallest absolute Gasteiger partial charge is 0.294 e. The van der Waals surface area contributed by atoms with Crippen LogP contribution in [0.2, 0.25) is 0 Å². The molecule has 0 aliphatic carbocycles. The highest BCUT2D eigenvalue weighted by molar-refractivity contribution is 8.18. The number of benzene rings is 2. The number of morpholine rings is 1. The predicted octanol–water partition coefficient (Wildman–Crippen LogP) is 3.08. The van der Waals surface area contributed by atoms with Crippen LogP contribution in [-0.4, -0.2) is 71.7 Å². The summed E-state index contributed by atoms with van der Waals surface area (Å²) in [6, 6.07) is 11.9. The zero-order chi connectivity index (χ0) is 25.7. The first-order valence-corrected chi connectivity index (χ1v) is 11.8. The molecular weight excluding hydrogens is 490 g/mol. The fourth-order valence-corrected chi connectivity index (χ4v) is 4.50. The van der Waals surface area contributed by atoms with E-state index in [9.17, 15) is 24.5 Å². The van der Waals surface area contributed by atoms with Gasteiger partial charge in [-0.15, -0.1) is 0 Å². The Morgan fingerprint density at radius 3 is 2.56 bits per heavy atom. The fourth-order valence-electron chi connectivity index (χ4n) is 3.67. The summed E-state index contributed by atoms with van der Waals surface area (Å²) in [4.78, 5) is 51.4. The van der Waals surface area contributed by atoms with Crippen molar-refractivity contribution >= 4 is 40.6 Å². The minimum Gasteiger partial charge on any atom is -0.493 e. The van der Waals surface area contributed by atoms with Crippen molar-refractivity contribution < 1.29 is 33.5 Å². The van der Waals surface area contributed by atoms with Crippen LogP contribution < -0.4 is 9.47 Å². The molecule has 2 fully saturated rings. The molecule has 4 rings (SSSR count). The van der Waals surface area contributed by atoms with E-state index < -0.39 is 22.6 Å². The number of nitrogens with zero attached hydrogens (tertiary/aromatic N) is 3. The first-order valence-electron chi connectivity index (χ1n) is 11.0. The number of rotatable bonds is 8. The predicted molar refractivity (Wildman–Crippen MR) is 130 cm³/mol. The molecular formula is C24H23N3O8S. The summed E-state index contributed by atoms with van der Waals surface area (Å²) in [5.74, 6) is -0.669. The quantitative estimate of drug-likeness (QED) is 0.297. The number of amides is 3. The summed E-state index contributed by atoms with van der Waals surface area (Å²) in [6.07, 6.45) is 1.26. The largest absolute Gasteiger partial charge is 0.493 e. The average Bonchev–Trinajstić information content (AvgIpc) is 3.15. The number of nitro groups is 1. The molecule has 36 heavy (non-hydrogen) atoms. The van der Waals surface area contributed by atoms with Gasteiger partial charge < -0.3 is 19.1 Å². The van der Waals surface area contributed by atoms with Gasteiger partial charge in [0, 0.05) is 13.1 Å². The molecule has 2 saturated heterocycles. The van der Waals surface area contributed by atoms with Crippen LogP contribution in [0.5, 0.6) is 11.5 Å².